The summed E-state index contributed by atoms with van der Waals surface area (Å²) >= 11 is 6.05. The van der Waals surface area contributed by atoms with E-state index >= 15 is 0 Å². The molecule has 0 spiro atoms. The van der Waals surface area contributed by atoms with Crippen molar-refractivity contribution in [3.63, 3.8) is 0 Å². The van der Waals surface area contributed by atoms with E-state index in [2.05, 4.69) is 11.8 Å². The van der Waals surface area contributed by atoms with Crippen LogP contribution in [-0.2, 0) is 4.79 Å². The van der Waals surface area contributed by atoms with Crippen LogP contribution in [0.5, 0.6) is 5.75 Å². The van der Waals surface area contributed by atoms with Crippen LogP contribution >= 0.6 is 11.6 Å². The molecule has 1 aromatic carbocycles. The van der Waals surface area contributed by atoms with E-state index in [1.54, 1.807) is 7.05 Å². The van der Waals surface area contributed by atoms with Crippen molar-refractivity contribution >= 4 is 23.7 Å². The van der Waals surface area contributed by atoms with Crippen LogP contribution < -0.4 is 9.64 Å². The molecule has 20 heavy (non-hydrogen) atoms. The van der Waals surface area contributed by atoms with Crippen molar-refractivity contribution < 1.29 is 9.53 Å². The minimum Gasteiger partial charge on any atom is -0.491 e. The second kappa shape index (κ2) is 7.21. The largest absolute Gasteiger partial charge is 0.491 e. The molecule has 4 heteroatoms. The number of benzene rings is 1. The zero-order chi connectivity index (χ0) is 15.2. The van der Waals surface area contributed by atoms with Crippen LogP contribution in [0.15, 0.2) is 18.2 Å². The topological polar surface area (TPSA) is 29.5 Å². The van der Waals surface area contributed by atoms with Gasteiger partial charge in [0, 0.05) is 12.6 Å². The maximum atomic E-state index is 11.0. The first-order valence-corrected chi connectivity index (χ1v) is 6.92. The molecule has 108 valence electrons. The van der Waals surface area contributed by atoms with E-state index in [1.807, 2.05) is 39.0 Å². The highest BCUT2D eigenvalue weighted by atomic mass is 35.5. The Kier molecular flexibility index (Phi) is 5.91. The number of halogens is 1. The van der Waals surface area contributed by atoms with E-state index in [1.165, 1.54) is 4.90 Å². The van der Waals surface area contributed by atoms with Gasteiger partial charge in [0.25, 0.3) is 0 Å². The molecule has 0 heterocycles. The number of ether oxygens (including phenoxy) is 1. The van der Waals surface area contributed by atoms with Gasteiger partial charge in [-0.1, -0.05) is 18.8 Å². The molecule has 0 radical (unpaired) electrons. The molecule has 0 aromatic heterocycles. The fourth-order valence-corrected chi connectivity index (χ4v) is 1.53. The summed E-state index contributed by atoms with van der Waals surface area (Å²) < 4.78 is 5.63. The van der Waals surface area contributed by atoms with Crippen molar-refractivity contribution in [2.24, 2.45) is 0 Å². The SMILES string of the molecule is CCCOc1ccc(C#CC(C)(C)Cl)cc1N(C)C=O. The first-order valence-electron chi connectivity index (χ1n) is 6.54. The molecular formula is C16H20ClNO2. The molecule has 0 saturated carbocycles. The molecule has 1 amide bonds. The summed E-state index contributed by atoms with van der Waals surface area (Å²) in [6.45, 7) is 6.31. The van der Waals surface area contributed by atoms with Gasteiger partial charge in [0.1, 0.15) is 5.75 Å². The van der Waals surface area contributed by atoms with E-state index in [4.69, 9.17) is 16.3 Å². The van der Waals surface area contributed by atoms with Crippen LogP contribution in [0.1, 0.15) is 32.8 Å². The Balaban J connectivity index is 3.12. The van der Waals surface area contributed by atoms with Crippen LogP contribution in [-0.4, -0.2) is 24.9 Å². The monoisotopic (exact) mass is 293 g/mol. The van der Waals surface area contributed by atoms with Crippen molar-refractivity contribution in [1.29, 1.82) is 0 Å². The first-order chi connectivity index (χ1) is 9.37. The predicted molar refractivity (Wildman–Crippen MR) is 83.5 cm³/mol. The second-order valence-electron chi connectivity index (χ2n) is 4.97. The third-order valence-corrected chi connectivity index (χ3v) is 2.56. The van der Waals surface area contributed by atoms with Crippen molar-refractivity contribution in [2.75, 3.05) is 18.6 Å². The minimum absolute atomic E-state index is 0.575. The van der Waals surface area contributed by atoms with E-state index < -0.39 is 4.87 Å². The van der Waals surface area contributed by atoms with Crippen molar-refractivity contribution in [1.82, 2.24) is 0 Å². The zero-order valence-corrected chi connectivity index (χ0v) is 13.1. The highest BCUT2D eigenvalue weighted by Crippen LogP contribution is 2.28. The lowest BCUT2D eigenvalue weighted by molar-refractivity contribution is -0.107. The van der Waals surface area contributed by atoms with Gasteiger partial charge < -0.3 is 9.64 Å². The molecule has 0 bridgehead atoms. The average molecular weight is 294 g/mol. The average Bonchev–Trinajstić information content (AvgIpc) is 2.41. The normalized spacial score (nSPS) is 10.4. The van der Waals surface area contributed by atoms with E-state index in [0.29, 0.717) is 18.0 Å². The zero-order valence-electron chi connectivity index (χ0n) is 12.4. The van der Waals surface area contributed by atoms with Crippen LogP contribution in [0.3, 0.4) is 0 Å². The molecule has 0 fully saturated rings. The van der Waals surface area contributed by atoms with Crippen LogP contribution in [0.4, 0.5) is 5.69 Å². The standard InChI is InChI=1S/C16H20ClNO2/c1-5-10-20-15-7-6-13(8-9-16(2,3)17)11-14(15)18(4)12-19/h6-7,11-12H,5,10H2,1-4H3. The van der Waals surface area contributed by atoms with Crippen LogP contribution in [0.25, 0.3) is 0 Å². The Labute approximate surface area is 125 Å². The van der Waals surface area contributed by atoms with Crippen molar-refractivity contribution in [3.05, 3.63) is 23.8 Å². The molecule has 0 aliphatic heterocycles. The number of hydrogen-bond donors (Lipinski definition) is 0. The summed E-state index contributed by atoms with van der Waals surface area (Å²) in [7, 11) is 1.68. The number of nitrogens with zero attached hydrogens (tertiary/aromatic N) is 1. The Morgan fingerprint density at radius 2 is 2.15 bits per heavy atom. The lowest BCUT2D eigenvalue weighted by Crippen LogP contribution is -2.15. The lowest BCUT2D eigenvalue weighted by Gasteiger charge is -2.16. The Morgan fingerprint density at radius 1 is 1.45 bits per heavy atom. The molecule has 1 rings (SSSR count). The number of carbonyl (C=O) groups excluding carboxylic acids is 1. The molecule has 0 atom stereocenters. The van der Waals surface area contributed by atoms with Gasteiger partial charge in [-0.15, -0.1) is 11.6 Å². The van der Waals surface area contributed by atoms with E-state index in [9.17, 15) is 4.79 Å². The number of hydrogen-bond acceptors (Lipinski definition) is 2. The van der Waals surface area contributed by atoms with Crippen molar-refractivity contribution in [3.8, 4) is 17.6 Å². The van der Waals surface area contributed by atoms with Gasteiger partial charge in [-0.2, -0.15) is 0 Å². The van der Waals surface area contributed by atoms with Gasteiger partial charge in [0.05, 0.1) is 17.2 Å². The second-order valence-corrected chi connectivity index (χ2v) is 5.91. The van der Waals surface area contributed by atoms with E-state index in [-0.39, 0.29) is 0 Å². The Morgan fingerprint density at radius 3 is 2.70 bits per heavy atom. The smallest absolute Gasteiger partial charge is 0.213 e. The van der Waals surface area contributed by atoms with E-state index in [0.717, 1.165) is 18.4 Å². The van der Waals surface area contributed by atoms with Gasteiger partial charge in [-0.05, 0) is 38.5 Å². The van der Waals surface area contributed by atoms with Gasteiger partial charge in [0.2, 0.25) is 6.41 Å². The quantitative estimate of drug-likeness (QED) is 0.473. The molecule has 0 aliphatic rings. The maximum Gasteiger partial charge on any atom is 0.213 e. The lowest BCUT2D eigenvalue weighted by atomic mass is 10.1. The minimum atomic E-state index is -0.575. The Hall–Kier alpha value is -1.66. The third kappa shape index (κ3) is 5.14. The van der Waals surface area contributed by atoms with Crippen LogP contribution in [0, 0.1) is 11.8 Å². The number of amides is 1. The molecular weight excluding hydrogens is 274 g/mol. The fourth-order valence-electron chi connectivity index (χ4n) is 1.48. The summed E-state index contributed by atoms with van der Waals surface area (Å²) in [5.74, 6) is 6.64. The number of carbonyl (C=O) groups is 1. The summed E-state index contributed by atoms with van der Waals surface area (Å²) in [5, 5.41) is 0. The molecule has 0 unspecified atom stereocenters. The van der Waals surface area contributed by atoms with Crippen molar-refractivity contribution in [2.45, 2.75) is 32.1 Å². The van der Waals surface area contributed by atoms with Gasteiger partial charge in [-0.3, -0.25) is 4.79 Å². The van der Waals surface area contributed by atoms with Gasteiger partial charge >= 0.3 is 0 Å². The Bertz CT molecular complexity index is 524. The molecule has 0 aliphatic carbocycles. The van der Waals surface area contributed by atoms with Gasteiger partial charge in [0.15, 0.2) is 0 Å². The summed E-state index contributed by atoms with van der Waals surface area (Å²) in [5.41, 5.74) is 1.50. The fraction of sp³-hybridized carbons (Fsp3) is 0.438. The van der Waals surface area contributed by atoms with Crippen LogP contribution in [0.2, 0.25) is 0 Å². The maximum absolute atomic E-state index is 11.0. The number of anilines is 1. The third-order valence-electron chi connectivity index (χ3n) is 2.46. The molecule has 0 saturated heterocycles. The number of alkyl halides is 1. The first kappa shape index (κ1) is 16.4. The predicted octanol–water partition coefficient (Wildman–Crippen LogP) is 3.44. The summed E-state index contributed by atoms with van der Waals surface area (Å²) in [4.78, 5) is 11.9. The number of rotatable bonds is 5. The van der Waals surface area contributed by atoms with Gasteiger partial charge in [-0.25, -0.2) is 0 Å². The molecule has 0 N–H and O–H groups in total. The highest BCUT2D eigenvalue weighted by Gasteiger charge is 2.10. The summed E-state index contributed by atoms with van der Waals surface area (Å²) in [6.07, 6.45) is 1.66. The molecule has 3 nitrogen and oxygen atoms in total. The highest BCUT2D eigenvalue weighted by molar-refractivity contribution is 6.25. The summed E-state index contributed by atoms with van der Waals surface area (Å²) in [6, 6.07) is 5.52. The molecule has 1 aromatic rings.